The molecule has 0 radical (unpaired) electrons. The summed E-state index contributed by atoms with van der Waals surface area (Å²) in [7, 11) is 0. The van der Waals surface area contributed by atoms with Gasteiger partial charge < -0.3 is 5.73 Å². The van der Waals surface area contributed by atoms with E-state index in [1.807, 2.05) is 74.4 Å². The van der Waals surface area contributed by atoms with Crippen molar-refractivity contribution in [3.63, 3.8) is 0 Å². The average molecular weight is 1440 g/mol. The molecule has 7 aromatic rings. The summed E-state index contributed by atoms with van der Waals surface area (Å²) in [6, 6.07) is 43.0. The maximum absolute atomic E-state index is 12.7. The molecule has 77 heavy (non-hydrogen) atoms. The van der Waals surface area contributed by atoms with Crippen molar-refractivity contribution >= 4 is 98.8 Å². The first kappa shape index (κ1) is 71.9. The third kappa shape index (κ3) is 28.3. The number of ketones is 3. The zero-order valence-corrected chi connectivity index (χ0v) is 48.6. The summed E-state index contributed by atoms with van der Waals surface area (Å²) >= 11 is 7.39. The second-order valence-electron chi connectivity index (χ2n) is 15.9. The van der Waals surface area contributed by atoms with E-state index in [1.165, 1.54) is 60.5 Å². The summed E-state index contributed by atoms with van der Waals surface area (Å²) in [5, 5.41) is 4.72. The number of carbonyl (C=O) groups excluding carboxylic acids is 3. The Morgan fingerprint density at radius 1 is 0.545 bits per heavy atom. The Morgan fingerprint density at radius 2 is 0.896 bits per heavy atom. The zero-order chi connectivity index (χ0) is 56.5. The fourth-order valence-electron chi connectivity index (χ4n) is 6.44. The molecule has 17 heteroatoms. The van der Waals surface area contributed by atoms with Gasteiger partial charge in [-0.3, -0.25) is 14.4 Å². The van der Waals surface area contributed by atoms with Crippen molar-refractivity contribution in [3.8, 4) is 36.0 Å². The van der Waals surface area contributed by atoms with Gasteiger partial charge in [-0.05, 0) is 113 Å². The van der Waals surface area contributed by atoms with Crippen molar-refractivity contribution in [2.75, 3.05) is 0 Å². The van der Waals surface area contributed by atoms with Gasteiger partial charge in [0.05, 0.1) is 16.7 Å². The molecule has 0 amide bonds. The summed E-state index contributed by atoms with van der Waals surface area (Å²) in [4.78, 5) is 32.0. The Balaban J connectivity index is 0.000000991. The number of rotatable bonds is 4. The normalized spacial score (nSPS) is 11.0. The van der Waals surface area contributed by atoms with E-state index in [9.17, 15) is 53.9 Å². The maximum atomic E-state index is 12.7. The molecule has 0 spiro atoms. The third-order valence-electron chi connectivity index (χ3n) is 9.82. The molecule has 0 aliphatic carbocycles. The van der Waals surface area contributed by atoms with Crippen LogP contribution in [0.3, 0.4) is 0 Å². The molecular formula is C60H56F9I3NO3V. The molecule has 0 saturated carbocycles. The van der Waals surface area contributed by atoms with Crippen molar-refractivity contribution in [1.82, 2.24) is 0 Å². The minimum absolute atomic E-state index is 0. The number of halogens is 12. The van der Waals surface area contributed by atoms with Gasteiger partial charge in [0.2, 0.25) is 17.3 Å². The van der Waals surface area contributed by atoms with Crippen LogP contribution in [-0.4, -0.2) is 17.3 Å². The molecule has 0 aliphatic heterocycles. The number of alkyl halides is 9. The van der Waals surface area contributed by atoms with Crippen LogP contribution in [0.15, 0.2) is 158 Å². The molecule has 0 fully saturated rings. The predicted molar refractivity (Wildman–Crippen MR) is 317 cm³/mol. The number of fused-ring (bicyclic) bond motifs is 2. The van der Waals surface area contributed by atoms with E-state index in [4.69, 9.17) is 5.73 Å². The molecule has 2 unspecified atom stereocenters. The minimum atomic E-state index is -4.43. The fourth-order valence-corrected chi connectivity index (χ4v) is 6.44. The molecule has 0 aliphatic rings. The van der Waals surface area contributed by atoms with Gasteiger partial charge in [-0.1, -0.05) is 154 Å². The van der Waals surface area contributed by atoms with E-state index in [0.717, 1.165) is 52.7 Å². The molecule has 7 rings (SSSR count). The molecule has 0 bridgehead atoms. The first-order valence-electron chi connectivity index (χ1n) is 22.0. The van der Waals surface area contributed by atoms with Crippen LogP contribution < -0.4 is 5.73 Å². The third-order valence-corrected chi connectivity index (χ3v) is 9.82. The van der Waals surface area contributed by atoms with Crippen LogP contribution >= 0.6 is 59.9 Å². The first-order valence-corrected chi connectivity index (χ1v) is 35.6. The van der Waals surface area contributed by atoms with Gasteiger partial charge >= 0.3 is 83.4 Å². The summed E-state index contributed by atoms with van der Waals surface area (Å²) in [5.74, 6) is 10.5. The van der Waals surface area contributed by atoms with Gasteiger partial charge in [0.25, 0.3) is 0 Å². The monoisotopic (exact) mass is 1440 g/mol. The second kappa shape index (κ2) is 35.4. The van der Waals surface area contributed by atoms with Gasteiger partial charge in [-0.15, -0.1) is 6.42 Å². The molecule has 2 atom stereocenters. The SMILES string of the molecule is C.C.C#CC(C)=O.CC(=O)C#Cc1cccc(C(F)(F)F)c1.CC(CC(=O)C#Cc1cccc(C(F)(F)F)c1)c1cccc2ccccc12.CC(N)c1cccc2ccccc12.Cc1cccc(C(F)(F)F)c1.[I][V]([I])[I]. The summed E-state index contributed by atoms with van der Waals surface area (Å²) in [6.07, 6.45) is -8.24. The molecule has 0 saturated heterocycles. The Labute approximate surface area is 483 Å². The van der Waals surface area contributed by atoms with Gasteiger partial charge in [-0.25, -0.2) is 0 Å². The van der Waals surface area contributed by atoms with E-state index >= 15 is 0 Å². The predicted octanol–water partition coefficient (Wildman–Crippen LogP) is 18.6. The fraction of sp³-hybridized carbons (Fsp3) is 0.217. The first-order chi connectivity index (χ1) is 35.0. The van der Waals surface area contributed by atoms with Gasteiger partial charge in [-0.2, -0.15) is 39.5 Å². The number of aryl methyl sites for hydroxylation is 1. The molecule has 4 nitrogen and oxygen atoms in total. The van der Waals surface area contributed by atoms with E-state index < -0.39 is 35.2 Å². The van der Waals surface area contributed by atoms with Crippen LogP contribution in [0.1, 0.15) is 105 Å². The number of hydrogen-bond donors (Lipinski definition) is 1. The van der Waals surface area contributed by atoms with E-state index in [-0.39, 0.29) is 66.6 Å². The van der Waals surface area contributed by atoms with Crippen molar-refractivity contribution in [2.45, 2.75) is 86.4 Å². The number of hydrogen-bond acceptors (Lipinski definition) is 4. The number of terminal acetylenes is 1. The topological polar surface area (TPSA) is 77.2 Å². The Bertz CT molecular complexity index is 3170. The molecule has 2 N–H and O–H groups in total. The number of carbonyl (C=O) groups is 3. The molecule has 0 heterocycles. The van der Waals surface area contributed by atoms with Crippen molar-refractivity contribution in [1.29, 1.82) is 0 Å². The van der Waals surface area contributed by atoms with Gasteiger partial charge in [0.1, 0.15) is 0 Å². The summed E-state index contributed by atoms with van der Waals surface area (Å²) in [5.41, 5.74) is 7.02. The van der Waals surface area contributed by atoms with Crippen LogP contribution in [0.5, 0.6) is 0 Å². The number of Topliss-reactive ketones (excluding diaryl/α,β-unsaturated/α-hetero) is 3. The van der Waals surface area contributed by atoms with Gasteiger partial charge in [0, 0.05) is 37.4 Å². The van der Waals surface area contributed by atoms with Crippen LogP contribution in [0.2, 0.25) is 0 Å². The summed E-state index contributed by atoms with van der Waals surface area (Å²) < 4.78 is 111. The van der Waals surface area contributed by atoms with Crippen molar-refractivity contribution in [3.05, 3.63) is 202 Å². The van der Waals surface area contributed by atoms with Crippen LogP contribution in [0.4, 0.5) is 39.5 Å². The molecular weight excluding hydrogens is 1390 g/mol. The Hall–Kier alpha value is -5.15. The average Bonchev–Trinajstić information content (AvgIpc) is 3.34. The van der Waals surface area contributed by atoms with Gasteiger partial charge in [0.15, 0.2) is 0 Å². The van der Waals surface area contributed by atoms with E-state index in [1.54, 1.807) is 13.0 Å². The molecule has 408 valence electrons. The zero-order valence-electron chi connectivity index (χ0n) is 40.7. The van der Waals surface area contributed by atoms with Crippen LogP contribution in [0, 0.1) is 42.9 Å². The second-order valence-corrected chi connectivity index (χ2v) is 51.3. The number of nitrogens with two attached hydrogens (primary N) is 1. The standard InChI is InChI=1S/C23H17F3O.C12H13N.C11H7F3O.C8H7F3.C4H4O.2CH4.3HI.V/c1-16(21-11-5-8-18-7-2-3-10-22(18)21)14-20(27)13-12-17-6-4-9-19(15-17)23(24,25)26;1-9(13)11-8-4-6-10-5-2-3-7-12(10)11;1-8(15)5-6-9-3-2-4-10(7-9)11(12,13)14;1-6-3-2-4-7(5-6)8(9,10)11;1-3-4(2)5;;;;;;/h2-11,15-16H,14H2,1H3;2-9H,13H2,1H3;2-4,7H,1H3;2-5H,1H3;1H,2H3;2*1H4;3*1H;/q;;;;;;;;;;+3/p-3. The quantitative estimate of drug-likeness (QED) is 0.0824. The van der Waals surface area contributed by atoms with Crippen molar-refractivity contribution < 1.29 is 58.8 Å². The molecule has 0 aromatic heterocycles. The van der Waals surface area contributed by atoms with E-state index in [2.05, 4.69) is 120 Å². The van der Waals surface area contributed by atoms with Crippen LogP contribution in [-0.2, 0) is 37.8 Å². The summed E-state index contributed by atoms with van der Waals surface area (Å²) in [6.45, 7) is 8.20. The van der Waals surface area contributed by atoms with Crippen LogP contribution in [0.25, 0.3) is 21.5 Å². The van der Waals surface area contributed by atoms with E-state index in [0.29, 0.717) is 5.56 Å². The Morgan fingerprint density at radius 3 is 1.27 bits per heavy atom. The molecule has 7 aromatic carbocycles. The van der Waals surface area contributed by atoms with Crippen molar-refractivity contribution in [2.24, 2.45) is 5.73 Å². The number of benzene rings is 7. The Kier molecular flexibility index (Phi) is 33.0.